The maximum Gasteiger partial charge on any atom is 0.0803 e. The Morgan fingerprint density at radius 1 is 1.40 bits per heavy atom. The quantitative estimate of drug-likeness (QED) is 0.812. The normalized spacial score (nSPS) is 21.9. The van der Waals surface area contributed by atoms with E-state index in [1.807, 2.05) is 25.1 Å². The van der Waals surface area contributed by atoms with Crippen LogP contribution in [-0.2, 0) is 0 Å². The maximum absolute atomic E-state index is 10.3. The number of aryl methyl sites for hydroxylation is 1. The molecule has 0 radical (unpaired) electrons. The number of nitrogens with two attached hydrogens (primary N) is 1. The Morgan fingerprint density at radius 2 is 2.20 bits per heavy atom. The number of likely N-dealkylation sites (tertiary alicyclic amines) is 1. The van der Waals surface area contributed by atoms with Crippen LogP contribution in [0.1, 0.15) is 56.3 Å². The maximum atomic E-state index is 10.3. The van der Waals surface area contributed by atoms with E-state index in [0.29, 0.717) is 6.04 Å². The summed E-state index contributed by atoms with van der Waals surface area (Å²) in [5, 5.41) is 10.3. The van der Waals surface area contributed by atoms with Crippen molar-refractivity contribution < 1.29 is 5.11 Å². The van der Waals surface area contributed by atoms with Gasteiger partial charge in [-0.05, 0) is 56.3 Å². The second kappa shape index (κ2) is 7.09. The highest BCUT2D eigenvalue weighted by molar-refractivity contribution is 5.48. The van der Waals surface area contributed by atoms with Crippen LogP contribution in [0, 0.1) is 6.92 Å². The fourth-order valence-corrected chi connectivity index (χ4v) is 3.14. The summed E-state index contributed by atoms with van der Waals surface area (Å²) in [7, 11) is 0. The van der Waals surface area contributed by atoms with E-state index in [0.717, 1.165) is 29.8 Å². The average Bonchev–Trinajstić information content (AvgIpc) is 2.47. The molecule has 112 valence electrons. The molecule has 1 aliphatic heterocycles. The van der Waals surface area contributed by atoms with Crippen LogP contribution in [0.2, 0.25) is 0 Å². The van der Waals surface area contributed by atoms with Gasteiger partial charge in [0, 0.05) is 18.3 Å². The van der Waals surface area contributed by atoms with Crippen LogP contribution in [0.15, 0.2) is 18.2 Å². The van der Waals surface area contributed by atoms with Crippen molar-refractivity contribution in [2.45, 2.75) is 58.1 Å². The monoisotopic (exact) mass is 276 g/mol. The molecule has 1 aromatic carbocycles. The molecule has 1 fully saturated rings. The first kappa shape index (κ1) is 15.3. The van der Waals surface area contributed by atoms with Crippen molar-refractivity contribution in [1.29, 1.82) is 0 Å². The van der Waals surface area contributed by atoms with Crippen LogP contribution < -0.4 is 5.73 Å². The third-order valence-corrected chi connectivity index (χ3v) is 4.60. The lowest BCUT2D eigenvalue weighted by molar-refractivity contribution is 0.101. The van der Waals surface area contributed by atoms with E-state index in [-0.39, 0.29) is 0 Å². The number of rotatable bonds is 5. The lowest BCUT2D eigenvalue weighted by Crippen LogP contribution is -2.40. The predicted octanol–water partition coefficient (Wildman–Crippen LogP) is 3.27. The minimum absolute atomic E-state index is 0.405. The molecular formula is C17H28N2O. The molecule has 2 unspecified atom stereocenters. The highest BCUT2D eigenvalue weighted by atomic mass is 16.3. The zero-order chi connectivity index (χ0) is 14.5. The van der Waals surface area contributed by atoms with E-state index in [9.17, 15) is 5.11 Å². The van der Waals surface area contributed by atoms with Crippen molar-refractivity contribution in [3.05, 3.63) is 29.3 Å². The Hall–Kier alpha value is -1.06. The predicted molar refractivity (Wildman–Crippen MR) is 84.7 cm³/mol. The zero-order valence-corrected chi connectivity index (χ0v) is 12.8. The molecule has 0 saturated carbocycles. The van der Waals surface area contributed by atoms with Gasteiger partial charge < -0.3 is 15.7 Å². The van der Waals surface area contributed by atoms with E-state index in [1.54, 1.807) is 0 Å². The van der Waals surface area contributed by atoms with E-state index in [4.69, 9.17) is 5.73 Å². The molecule has 2 atom stereocenters. The summed E-state index contributed by atoms with van der Waals surface area (Å²) in [6, 6.07) is 6.60. The minimum Gasteiger partial charge on any atom is -0.399 e. The minimum atomic E-state index is -0.405. The largest absolute Gasteiger partial charge is 0.399 e. The third-order valence-electron chi connectivity index (χ3n) is 4.60. The molecule has 2 rings (SSSR count). The molecule has 1 saturated heterocycles. The lowest BCUT2D eigenvalue weighted by Gasteiger charge is -2.35. The summed E-state index contributed by atoms with van der Waals surface area (Å²) in [5.74, 6) is 0. The number of hydrogen-bond donors (Lipinski definition) is 2. The molecule has 1 aliphatic rings. The number of piperidine rings is 1. The second-order valence-corrected chi connectivity index (χ2v) is 6.01. The van der Waals surface area contributed by atoms with Crippen molar-refractivity contribution in [1.82, 2.24) is 4.90 Å². The van der Waals surface area contributed by atoms with Crippen LogP contribution >= 0.6 is 0 Å². The zero-order valence-electron chi connectivity index (χ0n) is 12.8. The number of aliphatic hydroxyl groups is 1. The molecule has 20 heavy (non-hydrogen) atoms. The number of anilines is 1. The van der Waals surface area contributed by atoms with Crippen LogP contribution in [0.5, 0.6) is 0 Å². The van der Waals surface area contributed by atoms with Crippen molar-refractivity contribution in [2.75, 3.05) is 18.8 Å². The van der Waals surface area contributed by atoms with E-state index in [2.05, 4.69) is 11.8 Å². The topological polar surface area (TPSA) is 49.5 Å². The number of hydrogen-bond acceptors (Lipinski definition) is 3. The number of nitrogens with zero attached hydrogens (tertiary/aromatic N) is 1. The third kappa shape index (κ3) is 3.74. The average molecular weight is 276 g/mol. The van der Waals surface area contributed by atoms with Crippen molar-refractivity contribution in [2.24, 2.45) is 0 Å². The summed E-state index contributed by atoms with van der Waals surface area (Å²) in [4.78, 5) is 2.55. The van der Waals surface area contributed by atoms with Crippen LogP contribution in [-0.4, -0.2) is 29.1 Å². The first-order valence-corrected chi connectivity index (χ1v) is 7.90. The second-order valence-electron chi connectivity index (χ2n) is 6.01. The number of nitrogen functional groups attached to an aromatic ring is 1. The molecule has 0 bridgehead atoms. The molecule has 0 aliphatic carbocycles. The van der Waals surface area contributed by atoms with Gasteiger partial charge in [0.2, 0.25) is 0 Å². The molecule has 3 N–H and O–H groups in total. The fourth-order valence-electron chi connectivity index (χ4n) is 3.14. The first-order chi connectivity index (χ1) is 9.61. The van der Waals surface area contributed by atoms with Gasteiger partial charge in [-0.2, -0.15) is 0 Å². The van der Waals surface area contributed by atoms with Crippen LogP contribution in [0.25, 0.3) is 0 Å². The lowest BCUT2D eigenvalue weighted by atomic mass is 9.98. The number of aliphatic hydroxyl groups excluding tert-OH is 1. The Kier molecular flexibility index (Phi) is 5.44. The highest BCUT2D eigenvalue weighted by Gasteiger charge is 2.21. The van der Waals surface area contributed by atoms with Gasteiger partial charge in [0.05, 0.1) is 6.10 Å². The molecule has 0 spiro atoms. The molecular weight excluding hydrogens is 248 g/mol. The smallest absolute Gasteiger partial charge is 0.0803 e. The SMILES string of the molecule is CCC1CCCCN1CCC(O)c1ccc(C)c(N)c1. The summed E-state index contributed by atoms with van der Waals surface area (Å²) in [6.45, 7) is 6.42. The van der Waals surface area contributed by atoms with Gasteiger partial charge in [-0.1, -0.05) is 25.5 Å². The Morgan fingerprint density at radius 3 is 2.90 bits per heavy atom. The molecule has 3 nitrogen and oxygen atoms in total. The fraction of sp³-hybridized carbons (Fsp3) is 0.647. The summed E-state index contributed by atoms with van der Waals surface area (Å²) in [5.41, 5.74) is 8.70. The standard InChI is InChI=1S/C17H28N2O/c1-3-15-6-4-5-10-19(15)11-9-17(20)14-8-7-13(2)16(18)12-14/h7-8,12,15,17,20H,3-6,9-11,18H2,1-2H3. The van der Waals surface area contributed by atoms with Gasteiger partial charge in [0.1, 0.15) is 0 Å². The van der Waals surface area contributed by atoms with E-state index < -0.39 is 6.10 Å². The highest BCUT2D eigenvalue weighted by Crippen LogP contribution is 2.24. The van der Waals surface area contributed by atoms with Gasteiger partial charge in [0.15, 0.2) is 0 Å². The summed E-state index contributed by atoms with van der Waals surface area (Å²) >= 11 is 0. The first-order valence-electron chi connectivity index (χ1n) is 7.90. The van der Waals surface area contributed by atoms with E-state index in [1.165, 1.54) is 32.2 Å². The Labute approximate surface area is 122 Å². The molecule has 1 heterocycles. The summed E-state index contributed by atoms with van der Waals surface area (Å²) < 4.78 is 0. The molecule has 3 heteroatoms. The Bertz CT molecular complexity index is 433. The molecule has 1 aromatic rings. The number of benzene rings is 1. The summed E-state index contributed by atoms with van der Waals surface area (Å²) in [6.07, 6.45) is 5.56. The van der Waals surface area contributed by atoms with Gasteiger partial charge in [0.25, 0.3) is 0 Å². The van der Waals surface area contributed by atoms with Gasteiger partial charge in [-0.3, -0.25) is 0 Å². The van der Waals surface area contributed by atoms with Crippen molar-refractivity contribution in [3.63, 3.8) is 0 Å². The van der Waals surface area contributed by atoms with Gasteiger partial charge in [-0.15, -0.1) is 0 Å². The van der Waals surface area contributed by atoms with Crippen LogP contribution in [0.4, 0.5) is 5.69 Å². The van der Waals surface area contributed by atoms with Gasteiger partial charge >= 0.3 is 0 Å². The molecule has 0 aromatic heterocycles. The van der Waals surface area contributed by atoms with Crippen molar-refractivity contribution >= 4 is 5.69 Å². The molecule has 0 amide bonds. The van der Waals surface area contributed by atoms with Crippen molar-refractivity contribution in [3.8, 4) is 0 Å². The van der Waals surface area contributed by atoms with Gasteiger partial charge in [-0.25, -0.2) is 0 Å². The van der Waals surface area contributed by atoms with Crippen LogP contribution in [0.3, 0.4) is 0 Å². The van der Waals surface area contributed by atoms with E-state index >= 15 is 0 Å². The Balaban J connectivity index is 1.90.